The lowest BCUT2D eigenvalue weighted by Gasteiger charge is -2.10. The van der Waals surface area contributed by atoms with Crippen molar-refractivity contribution in [3.05, 3.63) is 24.5 Å². The molecule has 0 radical (unpaired) electrons. The molecule has 3 atom stereocenters. The standard InChI is InChI=1S/C12H20O4.C7H14O.C4H10O/c1-5-10(4)16-11(13)7-6-8-15-12(14)9(2)3;1-5-7(4)8-6(2)3;1-3-4(2)5/h10H,2,5-8H2,1,3-4H3;7H,2,5H2,1,3-4H3;4-5H,3H2,1-2H3. The second-order valence-electron chi connectivity index (χ2n) is 7.02. The first kappa shape index (κ1) is 31.9. The minimum atomic E-state index is -0.421. The quantitative estimate of drug-likeness (QED) is 0.212. The highest BCUT2D eigenvalue weighted by Crippen LogP contribution is 2.02. The first-order chi connectivity index (χ1) is 13.4. The zero-order chi connectivity index (χ0) is 23.4. The van der Waals surface area contributed by atoms with Gasteiger partial charge in [0.25, 0.3) is 0 Å². The summed E-state index contributed by atoms with van der Waals surface area (Å²) in [5, 5.41) is 8.36. The van der Waals surface area contributed by atoms with Crippen LogP contribution >= 0.6 is 0 Å². The van der Waals surface area contributed by atoms with Crippen molar-refractivity contribution in [2.24, 2.45) is 0 Å². The normalized spacial score (nSPS) is 12.6. The van der Waals surface area contributed by atoms with Gasteiger partial charge in [0.15, 0.2) is 0 Å². The molecule has 0 aromatic heterocycles. The maximum absolute atomic E-state index is 11.2. The number of ether oxygens (including phenoxy) is 3. The van der Waals surface area contributed by atoms with Crippen molar-refractivity contribution >= 4 is 11.9 Å². The lowest BCUT2D eigenvalue weighted by Crippen LogP contribution is -2.14. The van der Waals surface area contributed by atoms with E-state index in [1.54, 1.807) is 13.8 Å². The predicted octanol–water partition coefficient (Wildman–Crippen LogP) is 5.34. The summed E-state index contributed by atoms with van der Waals surface area (Å²) in [7, 11) is 0. The van der Waals surface area contributed by atoms with E-state index in [9.17, 15) is 9.59 Å². The van der Waals surface area contributed by atoms with Crippen LogP contribution in [0.25, 0.3) is 0 Å². The van der Waals surface area contributed by atoms with E-state index in [2.05, 4.69) is 20.1 Å². The Hall–Kier alpha value is -1.82. The van der Waals surface area contributed by atoms with Gasteiger partial charge in [0.1, 0.15) is 0 Å². The van der Waals surface area contributed by atoms with Gasteiger partial charge >= 0.3 is 11.9 Å². The molecule has 0 aliphatic rings. The maximum atomic E-state index is 11.2. The molecule has 1 N–H and O–H groups in total. The van der Waals surface area contributed by atoms with E-state index in [0.717, 1.165) is 25.0 Å². The summed E-state index contributed by atoms with van der Waals surface area (Å²) >= 11 is 0. The third-order valence-electron chi connectivity index (χ3n) is 3.58. The highest BCUT2D eigenvalue weighted by Gasteiger charge is 2.08. The predicted molar refractivity (Wildman–Crippen MR) is 118 cm³/mol. The van der Waals surface area contributed by atoms with Crippen molar-refractivity contribution in [3.63, 3.8) is 0 Å². The molecule has 0 amide bonds. The summed E-state index contributed by atoms with van der Waals surface area (Å²) in [4.78, 5) is 22.2. The fraction of sp³-hybridized carbons (Fsp3) is 0.739. The molecule has 0 aliphatic carbocycles. The summed E-state index contributed by atoms with van der Waals surface area (Å²) in [6, 6.07) is 0. The van der Waals surface area contributed by atoms with Crippen LogP contribution in [0.4, 0.5) is 0 Å². The molecule has 0 aromatic rings. The lowest BCUT2D eigenvalue weighted by molar-refractivity contribution is -0.149. The molecule has 0 aromatic carbocycles. The summed E-state index contributed by atoms with van der Waals surface area (Å²) in [5.74, 6) is 0.135. The molecule has 3 unspecified atom stereocenters. The highest BCUT2D eigenvalue weighted by molar-refractivity contribution is 5.86. The zero-order valence-corrected chi connectivity index (χ0v) is 19.9. The van der Waals surface area contributed by atoms with E-state index < -0.39 is 5.97 Å². The topological polar surface area (TPSA) is 82.1 Å². The number of aliphatic hydroxyl groups excluding tert-OH is 1. The maximum Gasteiger partial charge on any atom is 0.333 e. The number of rotatable bonds is 11. The Morgan fingerprint density at radius 2 is 1.34 bits per heavy atom. The van der Waals surface area contributed by atoms with Gasteiger partial charge in [0.05, 0.1) is 30.7 Å². The van der Waals surface area contributed by atoms with Crippen molar-refractivity contribution in [1.29, 1.82) is 0 Å². The van der Waals surface area contributed by atoms with Gasteiger partial charge < -0.3 is 19.3 Å². The fourth-order valence-corrected chi connectivity index (χ4v) is 1.30. The second kappa shape index (κ2) is 20.9. The van der Waals surface area contributed by atoms with Gasteiger partial charge in [0, 0.05) is 12.0 Å². The number of hydrogen-bond acceptors (Lipinski definition) is 6. The van der Waals surface area contributed by atoms with Gasteiger partial charge in [-0.3, -0.25) is 4.79 Å². The molecule has 6 heteroatoms. The Kier molecular flexibility index (Phi) is 23.0. The average molecular weight is 417 g/mol. The van der Waals surface area contributed by atoms with Crippen LogP contribution in [0.15, 0.2) is 24.5 Å². The second-order valence-corrected chi connectivity index (χ2v) is 7.02. The number of aliphatic hydroxyl groups is 1. The number of esters is 2. The molecule has 0 spiro atoms. The monoisotopic (exact) mass is 416 g/mol. The number of carbonyl (C=O) groups excluding carboxylic acids is 2. The minimum Gasteiger partial charge on any atom is -0.496 e. The van der Waals surface area contributed by atoms with Gasteiger partial charge in [0.2, 0.25) is 0 Å². The Balaban J connectivity index is -0.000000430. The van der Waals surface area contributed by atoms with Gasteiger partial charge in [-0.15, -0.1) is 0 Å². The zero-order valence-electron chi connectivity index (χ0n) is 19.9. The van der Waals surface area contributed by atoms with E-state index in [0.29, 0.717) is 18.1 Å². The van der Waals surface area contributed by atoms with Crippen LogP contribution in [0.1, 0.15) is 87.5 Å². The molecule has 29 heavy (non-hydrogen) atoms. The van der Waals surface area contributed by atoms with Crippen molar-refractivity contribution < 1.29 is 28.9 Å². The lowest BCUT2D eigenvalue weighted by atomic mass is 10.3. The number of allylic oxidation sites excluding steroid dienone is 1. The molecule has 0 aliphatic heterocycles. The Bertz CT molecular complexity index is 456. The number of carbonyl (C=O) groups is 2. The molecular formula is C23H44O6. The third-order valence-corrected chi connectivity index (χ3v) is 3.58. The summed E-state index contributed by atoms with van der Waals surface area (Å²) in [6.07, 6.45) is 3.62. The molecule has 0 rings (SSSR count). The van der Waals surface area contributed by atoms with Gasteiger partial charge in [-0.25, -0.2) is 4.79 Å². The van der Waals surface area contributed by atoms with Crippen LogP contribution in [0.3, 0.4) is 0 Å². The van der Waals surface area contributed by atoms with E-state index in [1.807, 2.05) is 34.6 Å². The number of hydrogen-bond donors (Lipinski definition) is 1. The molecule has 0 heterocycles. The molecule has 6 nitrogen and oxygen atoms in total. The summed E-state index contributed by atoms with van der Waals surface area (Å²) in [5.41, 5.74) is 0.363. The van der Waals surface area contributed by atoms with Crippen molar-refractivity contribution in [2.75, 3.05) is 6.61 Å². The first-order valence-corrected chi connectivity index (χ1v) is 10.4. The summed E-state index contributed by atoms with van der Waals surface area (Å²) < 4.78 is 15.1. The molecule has 0 fully saturated rings. The molecule has 0 saturated carbocycles. The molecular weight excluding hydrogens is 372 g/mol. The van der Waals surface area contributed by atoms with Crippen LogP contribution in [0.2, 0.25) is 0 Å². The first-order valence-electron chi connectivity index (χ1n) is 10.4. The van der Waals surface area contributed by atoms with Crippen molar-refractivity contribution in [3.8, 4) is 0 Å². The Morgan fingerprint density at radius 3 is 1.66 bits per heavy atom. The van der Waals surface area contributed by atoms with E-state index in [4.69, 9.17) is 19.3 Å². The SMILES string of the molecule is C=C(C)C(=O)OCCCC(=O)OC(C)CC.C=C(C)OC(C)CC.CCC(C)O. The van der Waals surface area contributed by atoms with Gasteiger partial charge in [-0.1, -0.05) is 33.9 Å². The summed E-state index contributed by atoms with van der Waals surface area (Å²) in [6.45, 7) is 22.4. The van der Waals surface area contributed by atoms with Crippen LogP contribution in [-0.2, 0) is 23.8 Å². The van der Waals surface area contributed by atoms with Crippen molar-refractivity contribution in [2.45, 2.75) is 106 Å². The van der Waals surface area contributed by atoms with Crippen LogP contribution in [0.5, 0.6) is 0 Å². The third kappa shape index (κ3) is 28.5. The highest BCUT2D eigenvalue weighted by atomic mass is 16.5. The Morgan fingerprint density at radius 1 is 0.897 bits per heavy atom. The fourth-order valence-electron chi connectivity index (χ4n) is 1.30. The molecule has 172 valence electrons. The van der Waals surface area contributed by atoms with Gasteiger partial charge in [-0.2, -0.15) is 0 Å². The van der Waals surface area contributed by atoms with Crippen LogP contribution < -0.4 is 0 Å². The molecule has 0 bridgehead atoms. The van der Waals surface area contributed by atoms with E-state index >= 15 is 0 Å². The Labute approximate surface area is 178 Å². The minimum absolute atomic E-state index is 0.0505. The smallest absolute Gasteiger partial charge is 0.333 e. The van der Waals surface area contributed by atoms with Crippen LogP contribution in [-0.4, -0.2) is 42.0 Å². The van der Waals surface area contributed by atoms with Crippen molar-refractivity contribution in [1.82, 2.24) is 0 Å². The van der Waals surface area contributed by atoms with Gasteiger partial charge in [-0.05, 0) is 60.3 Å². The van der Waals surface area contributed by atoms with E-state index in [-0.39, 0.29) is 31.2 Å². The largest absolute Gasteiger partial charge is 0.496 e. The van der Waals surface area contributed by atoms with Crippen LogP contribution in [0, 0.1) is 0 Å². The average Bonchev–Trinajstić information content (AvgIpc) is 2.65. The van der Waals surface area contributed by atoms with E-state index in [1.165, 1.54) is 0 Å². The molecule has 0 saturated heterocycles.